The Bertz CT molecular complexity index is 2230. The minimum atomic E-state index is 1.14. The smallest absolute Gasteiger partial charge is 0.108 e. The Labute approximate surface area is 260 Å². The van der Waals surface area contributed by atoms with Crippen LogP contribution in [0.3, 0.4) is 0 Å². The highest BCUT2D eigenvalue weighted by molar-refractivity contribution is 7.17. The van der Waals surface area contributed by atoms with E-state index in [1.807, 2.05) is 0 Å². The van der Waals surface area contributed by atoms with Crippen molar-refractivity contribution >= 4 is 66.6 Å². The molecule has 1 aliphatic heterocycles. The number of aromatic nitrogens is 1. The van der Waals surface area contributed by atoms with Crippen LogP contribution in [0.5, 0.6) is 0 Å². The number of hydrogen-bond donors (Lipinski definition) is 0. The molecule has 0 radical (unpaired) electrons. The molecule has 0 bridgehead atoms. The summed E-state index contributed by atoms with van der Waals surface area (Å²) >= 11 is 1.79. The normalized spacial score (nSPS) is 12.5. The number of anilines is 6. The molecule has 8 aromatic rings. The number of fused-ring (bicyclic) bond motifs is 5. The molecule has 3 heterocycles. The lowest BCUT2D eigenvalue weighted by atomic mass is 10.0. The quantitative estimate of drug-likeness (QED) is 0.205. The molecule has 0 fully saturated rings. The third kappa shape index (κ3) is 3.82. The van der Waals surface area contributed by atoms with Crippen molar-refractivity contribution < 1.29 is 0 Å². The Morgan fingerprint density at radius 3 is 1.43 bits per heavy atom. The maximum atomic E-state index is 2.38. The zero-order valence-corrected chi connectivity index (χ0v) is 24.7. The Kier molecular flexibility index (Phi) is 5.68. The summed E-state index contributed by atoms with van der Waals surface area (Å²) in [4.78, 5) is 6.02. The first kappa shape index (κ1) is 25.0. The first-order valence-corrected chi connectivity index (χ1v) is 15.7. The van der Waals surface area contributed by atoms with Gasteiger partial charge in [0.05, 0.1) is 28.3 Å². The molecule has 0 aliphatic carbocycles. The molecule has 0 saturated heterocycles. The highest BCUT2D eigenvalue weighted by atomic mass is 32.1. The van der Waals surface area contributed by atoms with E-state index in [4.69, 9.17) is 0 Å². The summed E-state index contributed by atoms with van der Waals surface area (Å²) in [6.07, 6.45) is 0. The van der Waals surface area contributed by atoms with Gasteiger partial charge in [-0.2, -0.15) is 0 Å². The molecule has 0 unspecified atom stereocenters. The van der Waals surface area contributed by atoms with Gasteiger partial charge >= 0.3 is 0 Å². The zero-order chi connectivity index (χ0) is 29.0. The maximum absolute atomic E-state index is 2.38. The van der Waals surface area contributed by atoms with Crippen LogP contribution in [0, 0.1) is 0 Å². The monoisotopic (exact) mass is 581 g/mol. The molecule has 9 rings (SSSR count). The van der Waals surface area contributed by atoms with Gasteiger partial charge in [-0.25, -0.2) is 0 Å². The van der Waals surface area contributed by atoms with E-state index >= 15 is 0 Å². The molecule has 4 heteroatoms. The van der Waals surface area contributed by atoms with Gasteiger partial charge in [0, 0.05) is 27.8 Å². The summed E-state index contributed by atoms with van der Waals surface area (Å²) in [6, 6.07) is 56.7. The number of para-hydroxylation sites is 6. The summed E-state index contributed by atoms with van der Waals surface area (Å²) in [5, 5.41) is 4.80. The molecule has 44 heavy (non-hydrogen) atoms. The third-order valence-corrected chi connectivity index (χ3v) is 9.51. The summed E-state index contributed by atoms with van der Waals surface area (Å²) < 4.78 is 2.38. The molecule has 0 saturated carbocycles. The van der Waals surface area contributed by atoms with Gasteiger partial charge in [0.1, 0.15) is 4.83 Å². The van der Waals surface area contributed by atoms with E-state index in [2.05, 4.69) is 177 Å². The van der Waals surface area contributed by atoms with Crippen LogP contribution in [0.4, 0.5) is 34.1 Å². The molecule has 6 aromatic carbocycles. The van der Waals surface area contributed by atoms with Crippen molar-refractivity contribution in [2.24, 2.45) is 0 Å². The minimum Gasteiger partial charge on any atom is -0.306 e. The van der Waals surface area contributed by atoms with Crippen molar-refractivity contribution in [2.45, 2.75) is 0 Å². The molecule has 208 valence electrons. The van der Waals surface area contributed by atoms with E-state index in [0.29, 0.717) is 0 Å². The fourth-order valence-electron chi connectivity index (χ4n) is 6.63. The van der Waals surface area contributed by atoms with Crippen LogP contribution in [0.1, 0.15) is 0 Å². The molecule has 0 spiro atoms. The van der Waals surface area contributed by atoms with E-state index < -0.39 is 0 Å². The van der Waals surface area contributed by atoms with Crippen LogP contribution in [0.2, 0.25) is 0 Å². The lowest BCUT2D eigenvalue weighted by Crippen LogP contribution is -2.23. The molecule has 0 atom stereocenters. The largest absolute Gasteiger partial charge is 0.306 e. The van der Waals surface area contributed by atoms with Crippen molar-refractivity contribution in [3.8, 4) is 16.8 Å². The number of rotatable bonds is 4. The second-order valence-electron chi connectivity index (χ2n) is 11.1. The van der Waals surface area contributed by atoms with Crippen molar-refractivity contribution in [3.05, 3.63) is 163 Å². The van der Waals surface area contributed by atoms with E-state index in [1.54, 1.807) is 11.3 Å². The van der Waals surface area contributed by atoms with Gasteiger partial charge in [0.2, 0.25) is 0 Å². The molecule has 0 N–H and O–H groups in total. The van der Waals surface area contributed by atoms with Crippen molar-refractivity contribution in [3.63, 3.8) is 0 Å². The van der Waals surface area contributed by atoms with Crippen LogP contribution in [-0.2, 0) is 0 Å². The van der Waals surface area contributed by atoms with Crippen molar-refractivity contribution in [2.75, 3.05) is 9.80 Å². The number of benzene rings is 6. The molecule has 2 aromatic heterocycles. The van der Waals surface area contributed by atoms with Crippen molar-refractivity contribution in [1.29, 1.82) is 0 Å². The zero-order valence-electron chi connectivity index (χ0n) is 23.8. The Hall–Kier alpha value is -5.58. The molecular weight excluding hydrogens is 555 g/mol. The second kappa shape index (κ2) is 10.0. The Balaban J connectivity index is 1.09. The lowest BCUT2D eigenvalue weighted by Gasteiger charge is -2.40. The van der Waals surface area contributed by atoms with Gasteiger partial charge in [0.25, 0.3) is 0 Å². The van der Waals surface area contributed by atoms with E-state index in [1.165, 1.54) is 37.9 Å². The first-order valence-electron chi connectivity index (χ1n) is 14.9. The summed E-state index contributed by atoms with van der Waals surface area (Å²) in [5.74, 6) is 0. The van der Waals surface area contributed by atoms with E-state index in [9.17, 15) is 0 Å². The van der Waals surface area contributed by atoms with Gasteiger partial charge in [-0.3, -0.25) is 0 Å². The molecule has 3 nitrogen and oxygen atoms in total. The highest BCUT2D eigenvalue weighted by Crippen LogP contribution is 2.53. The van der Waals surface area contributed by atoms with E-state index in [-0.39, 0.29) is 0 Å². The fourth-order valence-corrected chi connectivity index (χ4v) is 7.57. The molecule has 1 aliphatic rings. The predicted molar refractivity (Wildman–Crippen MR) is 187 cm³/mol. The Morgan fingerprint density at radius 1 is 0.364 bits per heavy atom. The van der Waals surface area contributed by atoms with Gasteiger partial charge in [-0.1, -0.05) is 84.9 Å². The molecule has 0 amide bonds. The number of hydrogen-bond acceptors (Lipinski definition) is 3. The van der Waals surface area contributed by atoms with Gasteiger partial charge in [0.15, 0.2) is 0 Å². The Morgan fingerprint density at radius 2 is 0.841 bits per heavy atom. The fraction of sp³-hybridized carbons (Fsp3) is 0. The second-order valence-corrected chi connectivity index (χ2v) is 12.0. The first-order chi connectivity index (χ1) is 21.8. The number of nitrogens with zero attached hydrogens (tertiary/aromatic N) is 3. The average molecular weight is 582 g/mol. The molecular formula is C40H27N3S. The van der Waals surface area contributed by atoms with Crippen molar-refractivity contribution in [1.82, 2.24) is 4.57 Å². The van der Waals surface area contributed by atoms with Gasteiger partial charge in [-0.15, -0.1) is 11.3 Å². The maximum Gasteiger partial charge on any atom is 0.108 e. The number of thiophene rings is 1. The van der Waals surface area contributed by atoms with E-state index in [0.717, 1.165) is 34.1 Å². The summed E-state index contributed by atoms with van der Waals surface area (Å²) in [5.41, 5.74) is 11.8. The van der Waals surface area contributed by atoms with Crippen LogP contribution in [0.15, 0.2) is 163 Å². The topological polar surface area (TPSA) is 11.4 Å². The average Bonchev–Trinajstić information content (AvgIpc) is 3.69. The van der Waals surface area contributed by atoms with Gasteiger partial charge < -0.3 is 14.4 Å². The highest BCUT2D eigenvalue weighted by Gasteiger charge is 2.29. The van der Waals surface area contributed by atoms with Crippen LogP contribution in [-0.4, -0.2) is 4.57 Å². The summed E-state index contributed by atoms with van der Waals surface area (Å²) in [6.45, 7) is 0. The van der Waals surface area contributed by atoms with Gasteiger partial charge in [-0.05, 0) is 89.3 Å². The standard InChI is InChI=1S/C40H27N3S/c1-2-10-30(11-3-1)41-36-14-6-8-16-38(36)42(39-17-9-7-15-37(39)41)31-22-18-28(19-23-31)29-20-24-32(25-21-29)43-35-13-5-4-12-33(35)34-26-27-44-40(34)43/h1-27H. The lowest BCUT2D eigenvalue weighted by molar-refractivity contribution is 1.17. The predicted octanol–water partition coefficient (Wildman–Crippen LogP) is 11.8. The van der Waals surface area contributed by atoms with Crippen LogP contribution < -0.4 is 9.80 Å². The van der Waals surface area contributed by atoms with Crippen LogP contribution in [0.25, 0.3) is 37.9 Å². The SMILES string of the molecule is c1ccc(N2c3ccccc3N(c3ccc(-c4ccc(-n5c6ccccc6c6ccsc65)cc4)cc3)c3ccccc32)cc1. The minimum absolute atomic E-state index is 1.14. The summed E-state index contributed by atoms with van der Waals surface area (Å²) in [7, 11) is 0. The third-order valence-electron chi connectivity index (χ3n) is 8.61. The van der Waals surface area contributed by atoms with Crippen LogP contribution >= 0.6 is 11.3 Å².